The second-order valence-electron chi connectivity index (χ2n) is 4.66. The Balaban J connectivity index is 2.39. The quantitative estimate of drug-likeness (QED) is 0.877. The highest BCUT2D eigenvalue weighted by atomic mass is 16.5. The van der Waals surface area contributed by atoms with Crippen LogP contribution in [0.3, 0.4) is 0 Å². The van der Waals surface area contributed by atoms with Crippen molar-refractivity contribution < 1.29 is 9.47 Å². The van der Waals surface area contributed by atoms with Crippen molar-refractivity contribution in [2.45, 2.75) is 12.3 Å². The van der Waals surface area contributed by atoms with Gasteiger partial charge in [0.1, 0.15) is 0 Å². The molecule has 0 spiro atoms. The van der Waals surface area contributed by atoms with Gasteiger partial charge < -0.3 is 15.2 Å². The van der Waals surface area contributed by atoms with E-state index in [1.807, 2.05) is 18.2 Å². The summed E-state index contributed by atoms with van der Waals surface area (Å²) in [6.07, 6.45) is 0.902. The van der Waals surface area contributed by atoms with Gasteiger partial charge in [0, 0.05) is 5.92 Å². The second kappa shape index (κ2) is 6.96. The number of rotatable bonds is 6. The first kappa shape index (κ1) is 14.4. The predicted molar refractivity (Wildman–Crippen MR) is 81.5 cm³/mol. The van der Waals surface area contributed by atoms with Crippen LogP contribution in [0.25, 0.3) is 0 Å². The van der Waals surface area contributed by atoms with Crippen LogP contribution in [-0.2, 0) is 0 Å². The molecule has 0 aromatic heterocycles. The molecule has 0 saturated carbocycles. The molecule has 0 fully saturated rings. The normalized spacial score (nSPS) is 11.9. The van der Waals surface area contributed by atoms with E-state index in [0.29, 0.717) is 6.54 Å². The minimum Gasteiger partial charge on any atom is -0.493 e. The summed E-state index contributed by atoms with van der Waals surface area (Å²) < 4.78 is 10.7. The van der Waals surface area contributed by atoms with Gasteiger partial charge in [-0.25, -0.2) is 0 Å². The third-order valence-corrected chi connectivity index (χ3v) is 3.47. The molecule has 3 nitrogen and oxygen atoms in total. The van der Waals surface area contributed by atoms with Crippen LogP contribution in [-0.4, -0.2) is 20.8 Å². The molecule has 2 rings (SSSR count). The minimum absolute atomic E-state index is 0.279. The van der Waals surface area contributed by atoms with Gasteiger partial charge in [0.25, 0.3) is 0 Å². The first-order valence-corrected chi connectivity index (χ1v) is 6.77. The van der Waals surface area contributed by atoms with Crippen molar-refractivity contribution in [1.29, 1.82) is 0 Å². The third-order valence-electron chi connectivity index (χ3n) is 3.47. The molecule has 0 aliphatic carbocycles. The van der Waals surface area contributed by atoms with E-state index in [0.717, 1.165) is 17.9 Å². The SMILES string of the molecule is COc1ccc(C(CCN)c2ccccc2)cc1OC. The van der Waals surface area contributed by atoms with Crippen LogP contribution in [0.4, 0.5) is 0 Å². The summed E-state index contributed by atoms with van der Waals surface area (Å²) in [4.78, 5) is 0. The summed E-state index contributed by atoms with van der Waals surface area (Å²) in [6.45, 7) is 0.647. The van der Waals surface area contributed by atoms with Crippen molar-refractivity contribution in [1.82, 2.24) is 0 Å². The fourth-order valence-corrected chi connectivity index (χ4v) is 2.45. The smallest absolute Gasteiger partial charge is 0.161 e. The summed E-state index contributed by atoms with van der Waals surface area (Å²) in [5, 5.41) is 0. The maximum absolute atomic E-state index is 5.77. The maximum atomic E-state index is 5.77. The lowest BCUT2D eigenvalue weighted by Crippen LogP contribution is -2.09. The molecule has 2 N–H and O–H groups in total. The van der Waals surface area contributed by atoms with Crippen molar-refractivity contribution >= 4 is 0 Å². The van der Waals surface area contributed by atoms with Gasteiger partial charge in [-0.05, 0) is 36.2 Å². The van der Waals surface area contributed by atoms with E-state index in [2.05, 4.69) is 30.3 Å². The number of benzene rings is 2. The molecule has 0 aliphatic heterocycles. The van der Waals surface area contributed by atoms with Crippen molar-refractivity contribution in [3.8, 4) is 11.5 Å². The Morgan fingerprint density at radius 3 is 2.20 bits per heavy atom. The van der Waals surface area contributed by atoms with Crippen molar-refractivity contribution in [2.75, 3.05) is 20.8 Å². The van der Waals surface area contributed by atoms with Gasteiger partial charge in [0.05, 0.1) is 14.2 Å². The Kier molecular flexibility index (Phi) is 5.02. The highest BCUT2D eigenvalue weighted by Crippen LogP contribution is 2.34. The number of methoxy groups -OCH3 is 2. The zero-order chi connectivity index (χ0) is 14.4. The van der Waals surface area contributed by atoms with Crippen molar-refractivity contribution in [2.24, 2.45) is 5.73 Å². The fraction of sp³-hybridized carbons (Fsp3) is 0.294. The maximum Gasteiger partial charge on any atom is 0.161 e. The zero-order valence-corrected chi connectivity index (χ0v) is 12.0. The van der Waals surface area contributed by atoms with Gasteiger partial charge >= 0.3 is 0 Å². The molecule has 20 heavy (non-hydrogen) atoms. The van der Waals surface area contributed by atoms with Crippen molar-refractivity contribution in [3.63, 3.8) is 0 Å². The molecule has 0 radical (unpaired) electrons. The third kappa shape index (κ3) is 3.11. The minimum atomic E-state index is 0.279. The topological polar surface area (TPSA) is 44.5 Å². The summed E-state index contributed by atoms with van der Waals surface area (Å²) >= 11 is 0. The first-order chi connectivity index (χ1) is 9.80. The molecule has 3 heteroatoms. The molecule has 1 atom stereocenters. The van der Waals surface area contributed by atoms with Crippen LogP contribution < -0.4 is 15.2 Å². The van der Waals surface area contributed by atoms with Crippen LogP contribution in [0.15, 0.2) is 48.5 Å². The number of hydrogen-bond donors (Lipinski definition) is 1. The molecule has 0 bridgehead atoms. The standard InChI is InChI=1S/C17H21NO2/c1-19-16-9-8-14(12-17(16)20-2)15(10-11-18)13-6-4-3-5-7-13/h3-9,12,15H,10-11,18H2,1-2H3. The molecule has 1 unspecified atom stereocenters. The lowest BCUT2D eigenvalue weighted by molar-refractivity contribution is 0.354. The number of ether oxygens (including phenoxy) is 2. The average Bonchev–Trinajstić information content (AvgIpc) is 2.52. The fourth-order valence-electron chi connectivity index (χ4n) is 2.45. The van der Waals surface area contributed by atoms with E-state index in [4.69, 9.17) is 15.2 Å². The molecule has 2 aromatic rings. The van der Waals surface area contributed by atoms with Gasteiger partial charge in [-0.2, -0.15) is 0 Å². The summed E-state index contributed by atoms with van der Waals surface area (Å²) in [5.41, 5.74) is 8.24. The van der Waals surface area contributed by atoms with Gasteiger partial charge in [0.15, 0.2) is 11.5 Å². The first-order valence-electron chi connectivity index (χ1n) is 6.77. The van der Waals surface area contributed by atoms with E-state index in [9.17, 15) is 0 Å². The molecule has 0 aliphatic rings. The summed E-state index contributed by atoms with van der Waals surface area (Å²) in [6, 6.07) is 16.5. The lowest BCUT2D eigenvalue weighted by atomic mass is 9.88. The van der Waals surface area contributed by atoms with E-state index >= 15 is 0 Å². The van der Waals surface area contributed by atoms with Gasteiger partial charge in [-0.3, -0.25) is 0 Å². The monoisotopic (exact) mass is 271 g/mol. The molecule has 0 saturated heterocycles. The average molecular weight is 271 g/mol. The largest absolute Gasteiger partial charge is 0.493 e. The van der Waals surface area contributed by atoms with E-state index in [-0.39, 0.29) is 5.92 Å². The van der Waals surface area contributed by atoms with E-state index in [1.54, 1.807) is 14.2 Å². The van der Waals surface area contributed by atoms with Crippen LogP contribution in [0.2, 0.25) is 0 Å². The molecular formula is C17H21NO2. The van der Waals surface area contributed by atoms with Crippen LogP contribution >= 0.6 is 0 Å². The van der Waals surface area contributed by atoms with Crippen LogP contribution in [0.5, 0.6) is 11.5 Å². The molecule has 0 heterocycles. The van der Waals surface area contributed by atoms with Crippen LogP contribution in [0.1, 0.15) is 23.5 Å². The van der Waals surface area contributed by atoms with Gasteiger partial charge in [-0.15, -0.1) is 0 Å². The second-order valence-corrected chi connectivity index (χ2v) is 4.66. The highest BCUT2D eigenvalue weighted by molar-refractivity contribution is 5.46. The molecule has 106 valence electrons. The van der Waals surface area contributed by atoms with Gasteiger partial charge in [0.2, 0.25) is 0 Å². The Labute approximate surface area is 120 Å². The van der Waals surface area contributed by atoms with Gasteiger partial charge in [-0.1, -0.05) is 36.4 Å². The molecular weight excluding hydrogens is 250 g/mol. The molecule has 0 amide bonds. The Bertz CT molecular complexity index is 540. The van der Waals surface area contributed by atoms with Crippen LogP contribution in [0, 0.1) is 0 Å². The predicted octanol–water partition coefficient (Wildman–Crippen LogP) is 3.18. The summed E-state index contributed by atoms with van der Waals surface area (Å²) in [5.74, 6) is 1.78. The number of nitrogens with two attached hydrogens (primary N) is 1. The Morgan fingerprint density at radius 2 is 1.60 bits per heavy atom. The lowest BCUT2D eigenvalue weighted by Gasteiger charge is -2.19. The zero-order valence-electron chi connectivity index (χ0n) is 12.0. The number of hydrogen-bond acceptors (Lipinski definition) is 3. The van der Waals surface area contributed by atoms with E-state index < -0.39 is 0 Å². The summed E-state index contributed by atoms with van der Waals surface area (Å²) in [7, 11) is 3.30. The van der Waals surface area contributed by atoms with Crippen molar-refractivity contribution in [3.05, 3.63) is 59.7 Å². The highest BCUT2D eigenvalue weighted by Gasteiger charge is 2.15. The van der Waals surface area contributed by atoms with E-state index in [1.165, 1.54) is 11.1 Å². The Hall–Kier alpha value is -2.00. The Morgan fingerprint density at radius 1 is 0.900 bits per heavy atom. The molecule has 2 aromatic carbocycles.